The number of rotatable bonds is 4. The van der Waals surface area contributed by atoms with Crippen molar-refractivity contribution >= 4 is 5.69 Å². The molecule has 0 saturated heterocycles. The van der Waals surface area contributed by atoms with Crippen LogP contribution in [-0.2, 0) is 6.61 Å². The zero-order chi connectivity index (χ0) is 13.8. The molecule has 0 bridgehead atoms. The van der Waals surface area contributed by atoms with E-state index < -0.39 is 0 Å². The molecular weight excluding hydrogens is 240 g/mol. The van der Waals surface area contributed by atoms with Gasteiger partial charge in [-0.3, -0.25) is 4.98 Å². The summed E-state index contributed by atoms with van der Waals surface area (Å²) in [5, 5.41) is 9.36. The molecule has 4 nitrogen and oxygen atoms in total. The average Bonchev–Trinajstić information content (AvgIpc) is 2.46. The number of benzene rings is 1. The van der Waals surface area contributed by atoms with Gasteiger partial charge in [0, 0.05) is 37.1 Å². The molecule has 4 heteroatoms. The van der Waals surface area contributed by atoms with Gasteiger partial charge in [-0.05, 0) is 30.3 Å². The molecular formula is C15H18N2O2. The molecule has 100 valence electrons. The van der Waals surface area contributed by atoms with Gasteiger partial charge in [-0.2, -0.15) is 0 Å². The maximum Gasteiger partial charge on any atom is 0.124 e. The first kappa shape index (κ1) is 13.4. The van der Waals surface area contributed by atoms with Gasteiger partial charge in [-0.15, -0.1) is 0 Å². The second-order valence-electron chi connectivity index (χ2n) is 4.48. The minimum atomic E-state index is -0.0512. The van der Waals surface area contributed by atoms with Gasteiger partial charge in [-0.1, -0.05) is 0 Å². The van der Waals surface area contributed by atoms with Crippen LogP contribution in [0.1, 0.15) is 5.56 Å². The van der Waals surface area contributed by atoms with E-state index in [1.807, 2.05) is 49.3 Å². The highest BCUT2D eigenvalue weighted by molar-refractivity contribution is 5.66. The van der Waals surface area contributed by atoms with Crippen LogP contribution in [0.5, 0.6) is 5.75 Å². The molecule has 0 spiro atoms. The topological polar surface area (TPSA) is 45.6 Å². The van der Waals surface area contributed by atoms with E-state index in [4.69, 9.17) is 4.74 Å². The SMILES string of the molecule is COc1ccc(-c2cc(N(C)C)ccn2)cc1CO. The van der Waals surface area contributed by atoms with E-state index >= 15 is 0 Å². The summed E-state index contributed by atoms with van der Waals surface area (Å²) in [7, 11) is 5.58. The predicted molar refractivity (Wildman–Crippen MR) is 76.5 cm³/mol. The van der Waals surface area contributed by atoms with Crippen LogP contribution < -0.4 is 9.64 Å². The van der Waals surface area contributed by atoms with Gasteiger partial charge < -0.3 is 14.7 Å². The molecule has 1 aromatic heterocycles. The van der Waals surface area contributed by atoms with Gasteiger partial charge in [0.15, 0.2) is 0 Å². The summed E-state index contributed by atoms with van der Waals surface area (Å²) in [4.78, 5) is 6.40. The lowest BCUT2D eigenvalue weighted by atomic mass is 10.1. The number of aromatic nitrogens is 1. The van der Waals surface area contributed by atoms with Crippen LogP contribution in [-0.4, -0.2) is 31.3 Å². The van der Waals surface area contributed by atoms with Crippen molar-refractivity contribution < 1.29 is 9.84 Å². The molecule has 0 atom stereocenters. The van der Waals surface area contributed by atoms with Crippen molar-refractivity contribution in [3.8, 4) is 17.0 Å². The first-order valence-electron chi connectivity index (χ1n) is 6.07. The average molecular weight is 258 g/mol. The molecule has 0 aliphatic rings. The standard InChI is InChI=1S/C15H18N2O2/c1-17(2)13-6-7-16-14(9-13)11-4-5-15(19-3)12(8-11)10-18/h4-9,18H,10H2,1-3H3. The van der Waals surface area contributed by atoms with Crippen LogP contribution >= 0.6 is 0 Å². The van der Waals surface area contributed by atoms with E-state index in [-0.39, 0.29) is 6.61 Å². The number of nitrogens with zero attached hydrogens (tertiary/aromatic N) is 2. The summed E-state index contributed by atoms with van der Waals surface area (Å²) in [6, 6.07) is 9.67. The van der Waals surface area contributed by atoms with Crippen LogP contribution in [0.15, 0.2) is 36.5 Å². The number of aliphatic hydroxyl groups is 1. The number of methoxy groups -OCH3 is 1. The molecule has 0 aliphatic heterocycles. The van der Waals surface area contributed by atoms with Crippen molar-refractivity contribution in [1.29, 1.82) is 0 Å². The summed E-state index contributed by atoms with van der Waals surface area (Å²) in [5.74, 6) is 0.690. The lowest BCUT2D eigenvalue weighted by molar-refractivity contribution is 0.274. The number of ether oxygens (including phenoxy) is 1. The molecule has 2 rings (SSSR count). The molecule has 0 fully saturated rings. The maximum absolute atomic E-state index is 9.36. The molecule has 19 heavy (non-hydrogen) atoms. The number of pyridine rings is 1. The normalized spacial score (nSPS) is 10.3. The van der Waals surface area contributed by atoms with Gasteiger partial charge in [0.05, 0.1) is 19.4 Å². The Labute approximate surface area is 113 Å². The number of anilines is 1. The summed E-state index contributed by atoms with van der Waals surface area (Å²) in [6.45, 7) is -0.0512. The minimum absolute atomic E-state index is 0.0512. The Bertz CT molecular complexity index is 568. The molecule has 2 aromatic rings. The Morgan fingerprint density at radius 2 is 2.00 bits per heavy atom. The molecule has 0 unspecified atom stereocenters. The third-order valence-corrected chi connectivity index (χ3v) is 3.01. The van der Waals surface area contributed by atoms with Crippen molar-refractivity contribution in [1.82, 2.24) is 4.98 Å². The Balaban J connectivity index is 2.44. The molecule has 1 aromatic carbocycles. The van der Waals surface area contributed by atoms with Crippen molar-refractivity contribution in [2.75, 3.05) is 26.1 Å². The second-order valence-corrected chi connectivity index (χ2v) is 4.48. The molecule has 1 N–H and O–H groups in total. The lowest BCUT2D eigenvalue weighted by Gasteiger charge is -2.14. The maximum atomic E-state index is 9.36. The summed E-state index contributed by atoms with van der Waals surface area (Å²) in [5.41, 5.74) is 3.69. The number of hydrogen-bond acceptors (Lipinski definition) is 4. The van der Waals surface area contributed by atoms with E-state index in [9.17, 15) is 5.11 Å². The molecule has 0 amide bonds. The fourth-order valence-corrected chi connectivity index (χ4v) is 1.92. The van der Waals surface area contributed by atoms with E-state index in [0.717, 1.165) is 22.5 Å². The van der Waals surface area contributed by atoms with Gasteiger partial charge in [-0.25, -0.2) is 0 Å². The van der Waals surface area contributed by atoms with E-state index in [0.29, 0.717) is 5.75 Å². The highest BCUT2D eigenvalue weighted by atomic mass is 16.5. The van der Waals surface area contributed by atoms with Crippen LogP contribution in [0.25, 0.3) is 11.3 Å². The third-order valence-electron chi connectivity index (χ3n) is 3.01. The zero-order valence-electron chi connectivity index (χ0n) is 11.4. The Hall–Kier alpha value is -2.07. The predicted octanol–water partition coefficient (Wildman–Crippen LogP) is 2.32. The van der Waals surface area contributed by atoms with Crippen molar-refractivity contribution in [2.45, 2.75) is 6.61 Å². The van der Waals surface area contributed by atoms with Crippen LogP contribution in [0.2, 0.25) is 0 Å². The molecule has 0 radical (unpaired) electrons. The van der Waals surface area contributed by atoms with Crippen LogP contribution in [0, 0.1) is 0 Å². The van der Waals surface area contributed by atoms with Gasteiger partial charge in [0.1, 0.15) is 5.75 Å². The summed E-state index contributed by atoms with van der Waals surface area (Å²) < 4.78 is 5.20. The zero-order valence-corrected chi connectivity index (χ0v) is 11.4. The molecule has 0 aliphatic carbocycles. The highest BCUT2D eigenvalue weighted by Crippen LogP contribution is 2.27. The fourth-order valence-electron chi connectivity index (χ4n) is 1.92. The fraction of sp³-hybridized carbons (Fsp3) is 0.267. The Morgan fingerprint density at radius 3 is 2.63 bits per heavy atom. The summed E-state index contributed by atoms with van der Waals surface area (Å²) >= 11 is 0. The van der Waals surface area contributed by atoms with Gasteiger partial charge in [0.2, 0.25) is 0 Å². The number of aliphatic hydroxyl groups excluding tert-OH is 1. The summed E-state index contributed by atoms with van der Waals surface area (Å²) in [6.07, 6.45) is 1.79. The highest BCUT2D eigenvalue weighted by Gasteiger charge is 2.07. The Morgan fingerprint density at radius 1 is 1.21 bits per heavy atom. The van der Waals surface area contributed by atoms with E-state index in [1.165, 1.54) is 0 Å². The minimum Gasteiger partial charge on any atom is -0.496 e. The second kappa shape index (κ2) is 5.71. The van der Waals surface area contributed by atoms with Crippen molar-refractivity contribution in [3.63, 3.8) is 0 Å². The molecule has 1 heterocycles. The van der Waals surface area contributed by atoms with E-state index in [2.05, 4.69) is 4.98 Å². The first-order chi connectivity index (χ1) is 9.15. The van der Waals surface area contributed by atoms with E-state index in [1.54, 1.807) is 13.3 Å². The quantitative estimate of drug-likeness (QED) is 0.914. The number of hydrogen-bond donors (Lipinski definition) is 1. The third kappa shape index (κ3) is 2.85. The first-order valence-corrected chi connectivity index (χ1v) is 6.07. The van der Waals surface area contributed by atoms with Crippen molar-refractivity contribution in [2.24, 2.45) is 0 Å². The van der Waals surface area contributed by atoms with Crippen molar-refractivity contribution in [3.05, 3.63) is 42.1 Å². The largest absolute Gasteiger partial charge is 0.496 e. The smallest absolute Gasteiger partial charge is 0.124 e. The van der Waals surface area contributed by atoms with Crippen LogP contribution in [0.4, 0.5) is 5.69 Å². The Kier molecular flexibility index (Phi) is 4.02. The monoisotopic (exact) mass is 258 g/mol. The van der Waals surface area contributed by atoms with Crippen LogP contribution in [0.3, 0.4) is 0 Å². The lowest BCUT2D eigenvalue weighted by Crippen LogP contribution is -2.08. The molecule has 0 saturated carbocycles. The van der Waals surface area contributed by atoms with Gasteiger partial charge in [0.25, 0.3) is 0 Å². The van der Waals surface area contributed by atoms with Gasteiger partial charge >= 0.3 is 0 Å².